The lowest BCUT2D eigenvalue weighted by Gasteiger charge is -2.18. The van der Waals surface area contributed by atoms with Crippen molar-refractivity contribution in [2.24, 2.45) is 0 Å². The second kappa shape index (κ2) is 8.48. The normalized spacial score (nSPS) is 20.6. The van der Waals surface area contributed by atoms with Crippen molar-refractivity contribution in [1.82, 2.24) is 15.6 Å². The van der Waals surface area contributed by atoms with Crippen LogP contribution < -0.4 is 10.6 Å². The number of aromatic nitrogens is 1. The number of urea groups is 1. The molecule has 5 nitrogen and oxygen atoms in total. The van der Waals surface area contributed by atoms with Gasteiger partial charge in [0.15, 0.2) is 0 Å². The van der Waals surface area contributed by atoms with Crippen molar-refractivity contribution in [1.29, 1.82) is 0 Å². The summed E-state index contributed by atoms with van der Waals surface area (Å²) in [7, 11) is 0. The Morgan fingerprint density at radius 2 is 2.32 bits per heavy atom. The van der Waals surface area contributed by atoms with E-state index < -0.39 is 0 Å². The summed E-state index contributed by atoms with van der Waals surface area (Å²) in [4.78, 5) is 16.5. The molecule has 1 aliphatic heterocycles. The molecule has 1 saturated heterocycles. The second-order valence-corrected chi connectivity index (χ2v) is 6.92. The Bertz CT molecular complexity index is 472. The maximum Gasteiger partial charge on any atom is 0.315 e. The van der Waals surface area contributed by atoms with Gasteiger partial charge in [-0.2, -0.15) is 0 Å². The fourth-order valence-corrected chi connectivity index (χ4v) is 3.44. The van der Waals surface area contributed by atoms with E-state index in [4.69, 9.17) is 4.74 Å². The van der Waals surface area contributed by atoms with Gasteiger partial charge in [0.25, 0.3) is 0 Å². The van der Waals surface area contributed by atoms with Gasteiger partial charge in [-0.3, -0.25) is 0 Å². The summed E-state index contributed by atoms with van der Waals surface area (Å²) in [6.45, 7) is 6.98. The molecule has 6 heteroatoms. The van der Waals surface area contributed by atoms with Gasteiger partial charge in [-0.15, -0.1) is 11.3 Å². The van der Waals surface area contributed by atoms with Crippen molar-refractivity contribution in [3.8, 4) is 0 Å². The largest absolute Gasteiger partial charge is 0.378 e. The van der Waals surface area contributed by atoms with Gasteiger partial charge in [0.1, 0.15) is 0 Å². The van der Waals surface area contributed by atoms with E-state index in [2.05, 4.69) is 22.5 Å². The SMILES string of the molecule is CCc1nc([C@H](C)NC(=O)N[C@H](C)CC[C@H]2CCCO2)cs1. The van der Waals surface area contributed by atoms with E-state index in [1.807, 2.05) is 19.2 Å². The van der Waals surface area contributed by atoms with Crippen molar-refractivity contribution in [2.75, 3.05) is 6.61 Å². The molecule has 0 spiro atoms. The van der Waals surface area contributed by atoms with Crippen LogP contribution in [0.4, 0.5) is 4.79 Å². The fourth-order valence-electron chi connectivity index (χ4n) is 2.60. The summed E-state index contributed by atoms with van der Waals surface area (Å²) in [5.41, 5.74) is 0.934. The first-order valence-electron chi connectivity index (χ1n) is 8.21. The van der Waals surface area contributed by atoms with E-state index in [0.29, 0.717) is 6.10 Å². The minimum absolute atomic E-state index is 0.0677. The molecule has 0 aliphatic carbocycles. The van der Waals surface area contributed by atoms with E-state index in [9.17, 15) is 4.79 Å². The molecule has 3 atom stereocenters. The third-order valence-corrected chi connectivity index (χ3v) is 5.00. The number of nitrogens with one attached hydrogen (secondary N) is 2. The first kappa shape index (κ1) is 17.2. The Morgan fingerprint density at radius 1 is 1.50 bits per heavy atom. The molecule has 1 aromatic rings. The van der Waals surface area contributed by atoms with Gasteiger partial charge in [0.2, 0.25) is 0 Å². The van der Waals surface area contributed by atoms with E-state index in [-0.39, 0.29) is 18.1 Å². The highest BCUT2D eigenvalue weighted by Crippen LogP contribution is 2.18. The van der Waals surface area contributed by atoms with Crippen LogP contribution in [0.25, 0.3) is 0 Å². The number of carbonyl (C=O) groups is 1. The molecule has 1 aromatic heterocycles. The van der Waals surface area contributed by atoms with Crippen LogP contribution in [0.5, 0.6) is 0 Å². The van der Waals surface area contributed by atoms with Gasteiger partial charge in [-0.05, 0) is 46.0 Å². The Labute approximate surface area is 136 Å². The zero-order valence-corrected chi connectivity index (χ0v) is 14.5. The summed E-state index contributed by atoms with van der Waals surface area (Å²) < 4.78 is 5.61. The summed E-state index contributed by atoms with van der Waals surface area (Å²) >= 11 is 1.64. The van der Waals surface area contributed by atoms with E-state index in [1.165, 1.54) is 0 Å². The molecule has 1 fully saturated rings. The molecular formula is C16H27N3O2S. The molecule has 22 heavy (non-hydrogen) atoms. The van der Waals surface area contributed by atoms with Crippen molar-refractivity contribution < 1.29 is 9.53 Å². The lowest BCUT2D eigenvalue weighted by Crippen LogP contribution is -2.42. The van der Waals surface area contributed by atoms with Crippen LogP contribution in [-0.4, -0.2) is 29.8 Å². The fraction of sp³-hybridized carbons (Fsp3) is 0.750. The standard InChI is InChI=1S/C16H27N3O2S/c1-4-15-19-14(10-22-15)12(3)18-16(20)17-11(2)7-8-13-6-5-9-21-13/h10-13H,4-9H2,1-3H3,(H2,17,18,20)/t11-,12+,13-/m1/s1. The van der Waals surface area contributed by atoms with Crippen LogP contribution in [0.2, 0.25) is 0 Å². The Morgan fingerprint density at radius 3 is 2.95 bits per heavy atom. The molecule has 1 aliphatic rings. The lowest BCUT2D eigenvalue weighted by atomic mass is 10.1. The minimum atomic E-state index is -0.126. The smallest absolute Gasteiger partial charge is 0.315 e. The lowest BCUT2D eigenvalue weighted by molar-refractivity contribution is 0.100. The summed E-state index contributed by atoms with van der Waals surface area (Å²) in [5.74, 6) is 0. The Balaban J connectivity index is 1.69. The highest BCUT2D eigenvalue weighted by molar-refractivity contribution is 7.09. The molecule has 0 saturated carbocycles. The number of aryl methyl sites for hydroxylation is 1. The molecular weight excluding hydrogens is 298 g/mol. The zero-order valence-electron chi connectivity index (χ0n) is 13.7. The number of carbonyl (C=O) groups excluding carboxylic acids is 1. The molecule has 124 valence electrons. The van der Waals surface area contributed by atoms with Crippen LogP contribution in [-0.2, 0) is 11.2 Å². The van der Waals surface area contributed by atoms with Crippen LogP contribution in [0.3, 0.4) is 0 Å². The van der Waals surface area contributed by atoms with E-state index in [1.54, 1.807) is 11.3 Å². The molecule has 2 heterocycles. The number of hydrogen-bond donors (Lipinski definition) is 2. The molecule has 0 bridgehead atoms. The summed E-state index contributed by atoms with van der Waals surface area (Å²) in [6, 6.07) is -0.0432. The number of hydrogen-bond acceptors (Lipinski definition) is 4. The topological polar surface area (TPSA) is 63.2 Å². The van der Waals surface area contributed by atoms with Crippen molar-refractivity contribution >= 4 is 17.4 Å². The number of thiazole rings is 1. The molecule has 0 radical (unpaired) electrons. The predicted octanol–water partition coefficient (Wildman–Crippen LogP) is 3.41. The first-order valence-corrected chi connectivity index (χ1v) is 9.09. The van der Waals surface area contributed by atoms with Crippen LogP contribution >= 0.6 is 11.3 Å². The van der Waals surface area contributed by atoms with Gasteiger partial charge in [0.05, 0.1) is 22.8 Å². The Kier molecular flexibility index (Phi) is 6.64. The predicted molar refractivity (Wildman–Crippen MR) is 89.2 cm³/mol. The quantitative estimate of drug-likeness (QED) is 0.807. The number of rotatable bonds is 7. The van der Waals surface area contributed by atoms with Crippen LogP contribution in [0.15, 0.2) is 5.38 Å². The Hall–Kier alpha value is -1.14. The monoisotopic (exact) mass is 325 g/mol. The molecule has 2 amide bonds. The number of amides is 2. The van der Waals surface area contributed by atoms with Crippen molar-refractivity contribution in [2.45, 2.75) is 71.1 Å². The zero-order chi connectivity index (χ0) is 15.9. The van der Waals surface area contributed by atoms with Gasteiger partial charge >= 0.3 is 6.03 Å². The van der Waals surface area contributed by atoms with E-state index in [0.717, 1.165) is 49.4 Å². The molecule has 2 N–H and O–H groups in total. The van der Waals surface area contributed by atoms with Crippen molar-refractivity contribution in [3.05, 3.63) is 16.1 Å². The maximum absolute atomic E-state index is 12.0. The van der Waals surface area contributed by atoms with Crippen molar-refractivity contribution in [3.63, 3.8) is 0 Å². The maximum atomic E-state index is 12.0. The minimum Gasteiger partial charge on any atom is -0.378 e. The highest BCUT2D eigenvalue weighted by Gasteiger charge is 2.18. The average Bonchev–Trinajstić information content (AvgIpc) is 3.16. The van der Waals surface area contributed by atoms with Crippen LogP contribution in [0.1, 0.15) is 63.2 Å². The second-order valence-electron chi connectivity index (χ2n) is 5.97. The van der Waals surface area contributed by atoms with Gasteiger partial charge in [0, 0.05) is 18.0 Å². The number of ether oxygens (including phenoxy) is 1. The van der Waals surface area contributed by atoms with Crippen LogP contribution in [0, 0.1) is 0 Å². The average molecular weight is 325 g/mol. The number of nitrogens with zero attached hydrogens (tertiary/aromatic N) is 1. The summed E-state index contributed by atoms with van der Waals surface area (Å²) in [6.07, 6.45) is 5.60. The first-order chi connectivity index (χ1) is 10.6. The third kappa shape index (κ3) is 5.25. The molecule has 0 aromatic carbocycles. The van der Waals surface area contributed by atoms with E-state index >= 15 is 0 Å². The third-order valence-electron chi connectivity index (χ3n) is 3.99. The van der Waals surface area contributed by atoms with Gasteiger partial charge in [-0.25, -0.2) is 9.78 Å². The van der Waals surface area contributed by atoms with Gasteiger partial charge in [-0.1, -0.05) is 6.92 Å². The summed E-state index contributed by atoms with van der Waals surface area (Å²) in [5, 5.41) is 9.07. The highest BCUT2D eigenvalue weighted by atomic mass is 32.1. The molecule has 2 rings (SSSR count). The van der Waals surface area contributed by atoms with Gasteiger partial charge < -0.3 is 15.4 Å². The molecule has 0 unspecified atom stereocenters.